The van der Waals surface area contributed by atoms with Gasteiger partial charge in [-0.05, 0) is 30.5 Å². The first-order valence-electron chi connectivity index (χ1n) is 7.19. The van der Waals surface area contributed by atoms with Crippen LogP contribution in [0.3, 0.4) is 0 Å². The predicted molar refractivity (Wildman–Crippen MR) is 77.3 cm³/mol. The summed E-state index contributed by atoms with van der Waals surface area (Å²) in [5.41, 5.74) is -0.331. The summed E-state index contributed by atoms with van der Waals surface area (Å²) in [6.07, 6.45) is 3.08. The smallest absolute Gasteiger partial charge is 0.179 e. The molecule has 1 saturated carbocycles. The number of Topliss-reactive ketones (excluding diaryl/α,β-unsaturated/α-hetero) is 1. The summed E-state index contributed by atoms with van der Waals surface area (Å²) in [6, 6.07) is 12.9. The Kier molecular flexibility index (Phi) is 3.58. The van der Waals surface area contributed by atoms with E-state index in [1.165, 1.54) is 6.07 Å². The van der Waals surface area contributed by atoms with E-state index in [0.717, 1.165) is 30.5 Å². The maximum atomic E-state index is 14.0. The Morgan fingerprint density at radius 2 is 1.43 bits per heavy atom. The molecular weight excluding hydrogens is 270 g/mol. The van der Waals surface area contributed by atoms with Crippen molar-refractivity contribution in [2.75, 3.05) is 0 Å². The van der Waals surface area contributed by atoms with Crippen LogP contribution in [0, 0.1) is 11.6 Å². The first-order valence-corrected chi connectivity index (χ1v) is 7.19. The summed E-state index contributed by atoms with van der Waals surface area (Å²) in [6.45, 7) is 0. The first kappa shape index (κ1) is 13.9. The summed E-state index contributed by atoms with van der Waals surface area (Å²) in [5, 5.41) is 0. The summed E-state index contributed by atoms with van der Waals surface area (Å²) in [4.78, 5) is 12.9. The second-order valence-corrected chi connectivity index (χ2v) is 5.58. The van der Waals surface area contributed by atoms with E-state index in [4.69, 9.17) is 0 Å². The lowest BCUT2D eigenvalue weighted by Crippen LogP contribution is -2.34. The molecule has 0 unspecified atom stereocenters. The molecule has 0 N–H and O–H groups in total. The molecule has 2 aromatic carbocycles. The molecule has 0 radical (unpaired) electrons. The van der Waals surface area contributed by atoms with Crippen LogP contribution in [0.2, 0.25) is 0 Å². The third-order valence-corrected chi connectivity index (χ3v) is 4.41. The van der Waals surface area contributed by atoms with Crippen molar-refractivity contribution in [3.8, 4) is 0 Å². The van der Waals surface area contributed by atoms with Crippen LogP contribution >= 0.6 is 0 Å². The monoisotopic (exact) mass is 286 g/mol. The van der Waals surface area contributed by atoms with E-state index < -0.39 is 28.4 Å². The van der Waals surface area contributed by atoms with Crippen molar-refractivity contribution in [1.82, 2.24) is 0 Å². The SMILES string of the molecule is O=C(c1c(F)cccc1F)C1(c2ccccc2)CCCC1. The summed E-state index contributed by atoms with van der Waals surface area (Å²) in [7, 11) is 0. The van der Waals surface area contributed by atoms with E-state index in [2.05, 4.69) is 0 Å². The van der Waals surface area contributed by atoms with Crippen LogP contribution in [0.5, 0.6) is 0 Å². The Labute approximate surface area is 122 Å². The zero-order chi connectivity index (χ0) is 14.9. The average molecular weight is 286 g/mol. The van der Waals surface area contributed by atoms with Crippen molar-refractivity contribution in [2.45, 2.75) is 31.1 Å². The lowest BCUT2D eigenvalue weighted by Gasteiger charge is -2.28. The van der Waals surface area contributed by atoms with E-state index in [9.17, 15) is 13.6 Å². The van der Waals surface area contributed by atoms with E-state index in [1.54, 1.807) is 0 Å². The molecule has 0 amide bonds. The zero-order valence-corrected chi connectivity index (χ0v) is 11.6. The predicted octanol–water partition coefficient (Wildman–Crippen LogP) is 4.66. The van der Waals surface area contributed by atoms with Crippen LogP contribution in [-0.4, -0.2) is 5.78 Å². The van der Waals surface area contributed by atoms with E-state index in [1.807, 2.05) is 30.3 Å². The van der Waals surface area contributed by atoms with Crippen LogP contribution in [0.15, 0.2) is 48.5 Å². The fourth-order valence-corrected chi connectivity index (χ4v) is 3.34. The van der Waals surface area contributed by atoms with Gasteiger partial charge in [0, 0.05) is 0 Å². The molecule has 0 aliphatic heterocycles. The molecule has 0 heterocycles. The third-order valence-electron chi connectivity index (χ3n) is 4.41. The number of carbonyl (C=O) groups excluding carboxylic acids is 1. The molecule has 0 aromatic heterocycles. The molecule has 21 heavy (non-hydrogen) atoms. The van der Waals surface area contributed by atoms with Gasteiger partial charge in [0.2, 0.25) is 0 Å². The van der Waals surface area contributed by atoms with Crippen molar-refractivity contribution >= 4 is 5.78 Å². The second-order valence-electron chi connectivity index (χ2n) is 5.58. The molecule has 1 nitrogen and oxygen atoms in total. The van der Waals surface area contributed by atoms with Gasteiger partial charge >= 0.3 is 0 Å². The van der Waals surface area contributed by atoms with Gasteiger partial charge in [0.1, 0.15) is 11.6 Å². The minimum absolute atomic E-state index is 0.400. The van der Waals surface area contributed by atoms with Crippen LogP contribution < -0.4 is 0 Å². The molecule has 1 aliphatic carbocycles. The topological polar surface area (TPSA) is 17.1 Å². The molecule has 0 spiro atoms. The van der Waals surface area contributed by atoms with Crippen LogP contribution in [-0.2, 0) is 5.41 Å². The molecular formula is C18H16F2O. The fraction of sp³-hybridized carbons (Fsp3) is 0.278. The Morgan fingerprint density at radius 1 is 0.857 bits per heavy atom. The number of benzene rings is 2. The van der Waals surface area contributed by atoms with Gasteiger partial charge in [-0.3, -0.25) is 4.79 Å². The van der Waals surface area contributed by atoms with Gasteiger partial charge in [0.25, 0.3) is 0 Å². The highest BCUT2D eigenvalue weighted by atomic mass is 19.1. The Morgan fingerprint density at radius 3 is 2.00 bits per heavy atom. The first-order chi connectivity index (χ1) is 10.1. The molecule has 108 valence electrons. The van der Waals surface area contributed by atoms with Gasteiger partial charge in [-0.1, -0.05) is 49.2 Å². The van der Waals surface area contributed by atoms with Gasteiger partial charge in [0.05, 0.1) is 11.0 Å². The summed E-state index contributed by atoms with van der Waals surface area (Å²) in [5.74, 6) is -1.98. The summed E-state index contributed by atoms with van der Waals surface area (Å²) < 4.78 is 28.0. The Hall–Kier alpha value is -2.03. The lowest BCUT2D eigenvalue weighted by atomic mass is 9.73. The molecule has 3 heteroatoms. The Balaban J connectivity index is 2.13. The maximum absolute atomic E-state index is 14.0. The number of hydrogen-bond donors (Lipinski definition) is 0. The summed E-state index contributed by atoms with van der Waals surface area (Å²) >= 11 is 0. The molecule has 0 saturated heterocycles. The molecule has 3 rings (SSSR count). The van der Waals surface area contributed by atoms with Gasteiger partial charge in [-0.25, -0.2) is 8.78 Å². The number of carbonyl (C=O) groups is 1. The van der Waals surface area contributed by atoms with E-state index >= 15 is 0 Å². The highest BCUT2D eigenvalue weighted by Crippen LogP contribution is 2.44. The van der Waals surface area contributed by atoms with Crippen LogP contribution in [0.25, 0.3) is 0 Å². The van der Waals surface area contributed by atoms with E-state index in [-0.39, 0.29) is 0 Å². The molecule has 2 aromatic rings. The molecule has 1 aliphatic rings. The quantitative estimate of drug-likeness (QED) is 0.750. The minimum Gasteiger partial charge on any atom is -0.293 e. The van der Waals surface area contributed by atoms with Crippen LogP contribution in [0.1, 0.15) is 41.6 Å². The molecule has 1 fully saturated rings. The number of rotatable bonds is 3. The van der Waals surface area contributed by atoms with Gasteiger partial charge in [-0.2, -0.15) is 0 Å². The van der Waals surface area contributed by atoms with Crippen molar-refractivity contribution < 1.29 is 13.6 Å². The van der Waals surface area contributed by atoms with Gasteiger partial charge < -0.3 is 0 Å². The van der Waals surface area contributed by atoms with Crippen molar-refractivity contribution in [2.24, 2.45) is 0 Å². The highest BCUT2D eigenvalue weighted by molar-refractivity contribution is 6.04. The van der Waals surface area contributed by atoms with Crippen molar-refractivity contribution in [3.63, 3.8) is 0 Å². The largest absolute Gasteiger partial charge is 0.293 e. The minimum atomic E-state index is -0.787. The third kappa shape index (κ3) is 2.27. The number of hydrogen-bond acceptors (Lipinski definition) is 1. The average Bonchev–Trinajstić information content (AvgIpc) is 2.98. The van der Waals surface area contributed by atoms with Crippen molar-refractivity contribution in [1.29, 1.82) is 0 Å². The van der Waals surface area contributed by atoms with Crippen LogP contribution in [0.4, 0.5) is 8.78 Å². The normalized spacial score (nSPS) is 16.9. The number of ketones is 1. The fourth-order valence-electron chi connectivity index (χ4n) is 3.34. The van der Waals surface area contributed by atoms with E-state index in [0.29, 0.717) is 12.8 Å². The lowest BCUT2D eigenvalue weighted by molar-refractivity contribution is 0.0877. The Bertz CT molecular complexity index is 638. The standard InChI is InChI=1S/C18H16F2O/c19-14-9-6-10-15(20)16(14)17(21)18(11-4-5-12-18)13-7-2-1-3-8-13/h1-3,6-10H,4-5,11-12H2. The zero-order valence-electron chi connectivity index (χ0n) is 11.6. The van der Waals surface area contributed by atoms with Gasteiger partial charge in [0.15, 0.2) is 5.78 Å². The molecule has 0 bridgehead atoms. The van der Waals surface area contributed by atoms with Crippen molar-refractivity contribution in [3.05, 3.63) is 71.3 Å². The second kappa shape index (κ2) is 5.40. The molecule has 0 atom stereocenters. The number of halogens is 2. The highest BCUT2D eigenvalue weighted by Gasteiger charge is 2.44. The maximum Gasteiger partial charge on any atom is 0.179 e. The van der Waals surface area contributed by atoms with Gasteiger partial charge in [-0.15, -0.1) is 0 Å².